The molecule has 2 aromatic carbocycles. The molecule has 0 unspecified atom stereocenters. The Kier molecular flexibility index (Phi) is 7.58. The Hall–Kier alpha value is -3.03. The number of nitrogens with zero attached hydrogens (tertiary/aromatic N) is 3. The molecule has 34 heavy (non-hydrogen) atoms. The number of amides is 1. The van der Waals surface area contributed by atoms with Crippen molar-refractivity contribution in [2.75, 3.05) is 27.1 Å². The first-order chi connectivity index (χ1) is 15.8. The maximum atomic E-state index is 12.6. The number of carbonyl (C=O) groups is 1. The van der Waals surface area contributed by atoms with Crippen LogP contribution in [0.4, 0.5) is 17.3 Å². The van der Waals surface area contributed by atoms with Crippen molar-refractivity contribution in [3.63, 3.8) is 0 Å². The van der Waals surface area contributed by atoms with Gasteiger partial charge in [-0.15, -0.1) is 0 Å². The highest BCUT2D eigenvalue weighted by Gasteiger charge is 2.23. The molecule has 1 aromatic heterocycles. The van der Waals surface area contributed by atoms with Crippen LogP contribution >= 0.6 is 15.9 Å². The van der Waals surface area contributed by atoms with Crippen molar-refractivity contribution in [1.82, 2.24) is 9.97 Å². The fraction of sp³-hybridized carbons (Fsp3) is 0.190. The second-order valence-electron chi connectivity index (χ2n) is 7.37. The number of hydrogen-bond acceptors (Lipinski definition) is 7. The molecule has 0 atom stereocenters. The minimum absolute atomic E-state index is 0.0391. The van der Waals surface area contributed by atoms with Gasteiger partial charge in [0, 0.05) is 21.5 Å². The lowest BCUT2D eigenvalue weighted by Gasteiger charge is -2.23. The number of aromatic nitrogens is 2. The van der Waals surface area contributed by atoms with E-state index in [0.717, 1.165) is 10.6 Å². The average molecular weight is 568 g/mol. The van der Waals surface area contributed by atoms with Gasteiger partial charge in [-0.05, 0) is 72.2 Å². The van der Waals surface area contributed by atoms with Gasteiger partial charge in [-0.2, -0.15) is 0 Å². The molecule has 10 nitrogen and oxygen atoms in total. The zero-order valence-corrected chi connectivity index (χ0v) is 21.7. The summed E-state index contributed by atoms with van der Waals surface area (Å²) in [4.78, 5) is 20.6. The summed E-state index contributed by atoms with van der Waals surface area (Å²) < 4.78 is 53.6. The Morgan fingerprint density at radius 3 is 2.12 bits per heavy atom. The summed E-state index contributed by atoms with van der Waals surface area (Å²) in [6, 6.07) is 13.8. The van der Waals surface area contributed by atoms with Crippen LogP contribution in [0.2, 0.25) is 0 Å². The normalized spacial score (nSPS) is 11.6. The SMILES string of the molecule is Cc1cc(C)nc(NS(=O)(=O)c2ccc(NC(=O)CN(c3ccccc3Br)S(C)(=O)=O)cc2)n1. The summed E-state index contributed by atoms with van der Waals surface area (Å²) in [6.07, 6.45) is 1.01. The smallest absolute Gasteiger partial charge is 0.264 e. The predicted molar refractivity (Wildman–Crippen MR) is 134 cm³/mol. The third-order valence-corrected chi connectivity index (χ3v) is 7.61. The summed E-state index contributed by atoms with van der Waals surface area (Å²) in [5, 5.41) is 2.58. The lowest BCUT2D eigenvalue weighted by molar-refractivity contribution is -0.114. The quantitative estimate of drug-likeness (QED) is 0.426. The highest BCUT2D eigenvalue weighted by molar-refractivity contribution is 9.10. The van der Waals surface area contributed by atoms with Crippen molar-refractivity contribution < 1.29 is 21.6 Å². The highest BCUT2D eigenvalue weighted by Crippen LogP contribution is 2.27. The van der Waals surface area contributed by atoms with E-state index in [1.54, 1.807) is 44.2 Å². The summed E-state index contributed by atoms with van der Waals surface area (Å²) in [6.45, 7) is 2.99. The Morgan fingerprint density at radius 2 is 1.56 bits per heavy atom. The van der Waals surface area contributed by atoms with Gasteiger partial charge >= 0.3 is 0 Å². The highest BCUT2D eigenvalue weighted by atomic mass is 79.9. The molecule has 0 aliphatic carbocycles. The number of rotatable bonds is 8. The van der Waals surface area contributed by atoms with Crippen molar-refractivity contribution in [3.8, 4) is 0 Å². The number of benzene rings is 2. The molecular formula is C21H22BrN5O5S2. The zero-order chi connectivity index (χ0) is 25.1. The summed E-state index contributed by atoms with van der Waals surface area (Å²) >= 11 is 3.29. The molecule has 180 valence electrons. The van der Waals surface area contributed by atoms with E-state index >= 15 is 0 Å². The van der Waals surface area contributed by atoms with Gasteiger partial charge in [0.05, 0.1) is 16.8 Å². The van der Waals surface area contributed by atoms with Crippen LogP contribution in [0.25, 0.3) is 0 Å². The summed E-state index contributed by atoms with van der Waals surface area (Å²) in [5.74, 6) is -0.638. The Bertz CT molecular complexity index is 1410. The molecule has 1 heterocycles. The van der Waals surface area contributed by atoms with E-state index in [4.69, 9.17) is 0 Å². The third kappa shape index (κ3) is 6.52. The van der Waals surface area contributed by atoms with E-state index in [1.807, 2.05) is 0 Å². The molecule has 0 saturated carbocycles. The molecular weight excluding hydrogens is 546 g/mol. The summed E-state index contributed by atoms with van der Waals surface area (Å²) in [7, 11) is -7.70. The van der Waals surface area contributed by atoms with Gasteiger partial charge in [-0.25, -0.2) is 31.5 Å². The van der Waals surface area contributed by atoms with Gasteiger partial charge in [-0.1, -0.05) is 12.1 Å². The molecule has 0 spiro atoms. The van der Waals surface area contributed by atoms with Crippen molar-refractivity contribution in [1.29, 1.82) is 0 Å². The Balaban J connectivity index is 1.73. The number of hydrogen-bond donors (Lipinski definition) is 2. The van der Waals surface area contributed by atoms with Crippen LogP contribution in [0.1, 0.15) is 11.4 Å². The van der Waals surface area contributed by atoms with E-state index in [-0.39, 0.29) is 10.8 Å². The molecule has 3 rings (SSSR count). The maximum Gasteiger partial charge on any atom is 0.264 e. The molecule has 0 radical (unpaired) electrons. The van der Waals surface area contributed by atoms with Gasteiger partial charge in [0.2, 0.25) is 21.9 Å². The number of aryl methyl sites for hydroxylation is 2. The number of nitrogens with one attached hydrogen (secondary N) is 2. The number of anilines is 3. The maximum absolute atomic E-state index is 12.6. The first kappa shape index (κ1) is 25.6. The fourth-order valence-electron chi connectivity index (χ4n) is 3.03. The molecule has 0 aliphatic rings. The number of para-hydroxylation sites is 1. The molecule has 13 heteroatoms. The number of sulfonamides is 2. The number of halogens is 1. The largest absolute Gasteiger partial charge is 0.325 e. The minimum atomic E-state index is -3.95. The molecule has 0 saturated heterocycles. The van der Waals surface area contributed by atoms with Crippen LogP contribution < -0.4 is 14.3 Å². The monoisotopic (exact) mass is 567 g/mol. The molecule has 2 N–H and O–H groups in total. The van der Waals surface area contributed by atoms with Gasteiger partial charge in [0.15, 0.2) is 0 Å². The molecule has 3 aromatic rings. The van der Waals surface area contributed by atoms with Gasteiger partial charge < -0.3 is 5.32 Å². The van der Waals surface area contributed by atoms with Crippen molar-refractivity contribution in [3.05, 3.63) is 70.5 Å². The third-order valence-electron chi connectivity index (χ3n) is 4.46. The first-order valence-electron chi connectivity index (χ1n) is 9.82. The van der Waals surface area contributed by atoms with Crippen molar-refractivity contribution >= 4 is 59.2 Å². The first-order valence-corrected chi connectivity index (χ1v) is 13.9. The second-order valence-corrected chi connectivity index (χ2v) is 11.8. The molecule has 0 aliphatic heterocycles. The fourth-order valence-corrected chi connectivity index (χ4v) is 5.46. The molecule has 0 fully saturated rings. The van der Waals surface area contributed by atoms with Gasteiger partial charge in [0.25, 0.3) is 10.0 Å². The van der Waals surface area contributed by atoms with Crippen LogP contribution in [0, 0.1) is 13.8 Å². The van der Waals surface area contributed by atoms with E-state index in [9.17, 15) is 21.6 Å². The van der Waals surface area contributed by atoms with E-state index in [2.05, 4.69) is 35.9 Å². The topological polar surface area (TPSA) is 138 Å². The van der Waals surface area contributed by atoms with Gasteiger partial charge in [-0.3, -0.25) is 9.10 Å². The zero-order valence-electron chi connectivity index (χ0n) is 18.5. The van der Waals surface area contributed by atoms with E-state index < -0.39 is 32.5 Å². The molecule has 0 bridgehead atoms. The van der Waals surface area contributed by atoms with Crippen LogP contribution in [0.3, 0.4) is 0 Å². The van der Waals surface area contributed by atoms with Crippen LogP contribution in [0.15, 0.2) is 64.0 Å². The van der Waals surface area contributed by atoms with Crippen molar-refractivity contribution in [2.24, 2.45) is 0 Å². The Morgan fingerprint density at radius 1 is 0.971 bits per heavy atom. The van der Waals surface area contributed by atoms with Gasteiger partial charge in [0.1, 0.15) is 6.54 Å². The average Bonchev–Trinajstić information content (AvgIpc) is 2.71. The van der Waals surface area contributed by atoms with Crippen LogP contribution in [0.5, 0.6) is 0 Å². The second kappa shape index (κ2) is 10.1. The minimum Gasteiger partial charge on any atom is -0.325 e. The standard InChI is InChI=1S/C21H22BrN5O5S2/c1-14-12-15(2)24-21(23-14)26-34(31,32)17-10-8-16(9-11-17)25-20(28)13-27(33(3,29)30)19-7-5-4-6-18(19)22/h4-12H,13H2,1-3H3,(H,25,28)(H,23,24,26). The van der Waals surface area contributed by atoms with E-state index in [1.165, 1.54) is 24.3 Å². The molecule has 1 amide bonds. The van der Waals surface area contributed by atoms with Crippen LogP contribution in [-0.4, -0.2) is 45.5 Å². The number of carbonyl (C=O) groups excluding carboxylic acids is 1. The van der Waals surface area contributed by atoms with E-state index in [0.29, 0.717) is 27.2 Å². The summed E-state index contributed by atoms with van der Waals surface area (Å²) in [5.41, 5.74) is 1.86. The van der Waals surface area contributed by atoms with Crippen LogP contribution in [-0.2, 0) is 24.8 Å². The van der Waals surface area contributed by atoms with Crippen molar-refractivity contribution in [2.45, 2.75) is 18.7 Å². The predicted octanol–water partition coefficient (Wildman–Crippen LogP) is 3.06. The lowest BCUT2D eigenvalue weighted by atomic mass is 10.3. The Labute approximate surface area is 206 Å². The lowest BCUT2D eigenvalue weighted by Crippen LogP contribution is -2.37.